The van der Waals surface area contributed by atoms with Gasteiger partial charge in [-0.2, -0.15) is 16.3 Å². The molecule has 27 heavy (non-hydrogen) atoms. The van der Waals surface area contributed by atoms with Gasteiger partial charge >= 0.3 is 0 Å². The van der Waals surface area contributed by atoms with Gasteiger partial charge in [-0.1, -0.05) is 16.9 Å². The van der Waals surface area contributed by atoms with E-state index in [0.29, 0.717) is 34.2 Å². The summed E-state index contributed by atoms with van der Waals surface area (Å²) in [6.07, 6.45) is 0. The minimum absolute atomic E-state index is 0.111. The second kappa shape index (κ2) is 7.76. The first-order chi connectivity index (χ1) is 13.2. The zero-order valence-corrected chi connectivity index (χ0v) is 15.4. The molecule has 3 heterocycles. The Bertz CT molecular complexity index is 1020. The largest absolute Gasteiger partial charge is 0.486 e. The lowest BCUT2D eigenvalue weighted by atomic mass is 10.3. The lowest BCUT2D eigenvalue weighted by Gasteiger charge is -2.06. The van der Waals surface area contributed by atoms with Crippen molar-refractivity contribution < 1.29 is 13.7 Å². The summed E-state index contributed by atoms with van der Waals surface area (Å²) in [6.45, 7) is 0.111. The molecule has 0 aliphatic rings. The Balaban J connectivity index is 1.35. The van der Waals surface area contributed by atoms with Crippen LogP contribution in [0, 0.1) is 5.82 Å². The molecule has 0 saturated heterocycles. The third kappa shape index (κ3) is 4.09. The number of halogens is 1. The van der Waals surface area contributed by atoms with Gasteiger partial charge < -0.3 is 15.1 Å². The Morgan fingerprint density at radius 3 is 2.85 bits per heavy atom. The molecule has 0 bridgehead atoms. The topological polar surface area (TPSA) is 105 Å². The van der Waals surface area contributed by atoms with Crippen LogP contribution in [-0.2, 0) is 12.4 Å². The maximum atomic E-state index is 12.9. The summed E-state index contributed by atoms with van der Waals surface area (Å²) < 4.78 is 25.0. The number of hydrogen-bond donors (Lipinski definition) is 1. The number of rotatable bonds is 7. The van der Waals surface area contributed by atoms with Crippen LogP contribution in [0.4, 0.5) is 4.39 Å². The van der Waals surface area contributed by atoms with E-state index >= 15 is 0 Å². The Labute approximate surface area is 161 Å². The molecule has 1 aromatic carbocycles. The van der Waals surface area contributed by atoms with Gasteiger partial charge in [-0.3, -0.25) is 0 Å². The van der Waals surface area contributed by atoms with Crippen molar-refractivity contribution in [2.75, 3.05) is 5.84 Å². The number of nitrogen functional groups attached to an aromatic ring is 1. The summed E-state index contributed by atoms with van der Waals surface area (Å²) in [5.74, 6) is 8.08. The van der Waals surface area contributed by atoms with E-state index in [9.17, 15) is 4.39 Å². The predicted molar refractivity (Wildman–Crippen MR) is 98.1 cm³/mol. The van der Waals surface area contributed by atoms with Crippen LogP contribution < -0.4 is 10.6 Å². The second-order valence-corrected chi connectivity index (χ2v) is 7.05. The fourth-order valence-electron chi connectivity index (χ4n) is 2.13. The molecule has 3 aromatic heterocycles. The molecule has 0 radical (unpaired) electrons. The van der Waals surface area contributed by atoms with Gasteiger partial charge in [0.25, 0.3) is 5.89 Å². The number of thiophene rings is 1. The number of thioether (sulfide) groups is 1. The molecule has 0 fully saturated rings. The minimum Gasteiger partial charge on any atom is -0.486 e. The highest BCUT2D eigenvalue weighted by atomic mass is 32.2. The number of nitrogens with two attached hydrogens (primary N) is 1. The highest BCUT2D eigenvalue weighted by molar-refractivity contribution is 7.98. The SMILES string of the molecule is Nn1c(COc2ccc(F)cc2)nnc1SCc1noc(-c2ccsc2)n1. The summed E-state index contributed by atoms with van der Waals surface area (Å²) >= 11 is 2.89. The monoisotopic (exact) mass is 404 g/mol. The lowest BCUT2D eigenvalue weighted by molar-refractivity contribution is 0.291. The van der Waals surface area contributed by atoms with Crippen LogP contribution in [0.25, 0.3) is 11.5 Å². The first-order valence-electron chi connectivity index (χ1n) is 7.75. The van der Waals surface area contributed by atoms with Gasteiger partial charge in [0.05, 0.1) is 11.3 Å². The Kier molecular flexibility index (Phi) is 5.03. The van der Waals surface area contributed by atoms with Crippen molar-refractivity contribution in [3.63, 3.8) is 0 Å². The van der Waals surface area contributed by atoms with Crippen molar-refractivity contribution in [2.24, 2.45) is 0 Å². The molecule has 0 amide bonds. The van der Waals surface area contributed by atoms with Gasteiger partial charge in [0, 0.05) is 5.38 Å². The van der Waals surface area contributed by atoms with Crippen molar-refractivity contribution in [1.82, 2.24) is 25.0 Å². The average Bonchev–Trinajstić information content (AvgIpc) is 3.41. The zero-order chi connectivity index (χ0) is 18.6. The summed E-state index contributed by atoms with van der Waals surface area (Å²) in [4.78, 5) is 4.34. The molecule has 4 aromatic rings. The third-order valence-corrected chi connectivity index (χ3v) is 5.11. The maximum absolute atomic E-state index is 12.9. The van der Waals surface area contributed by atoms with Gasteiger partial charge in [0.15, 0.2) is 11.6 Å². The molecule has 0 aliphatic heterocycles. The smallest absolute Gasteiger partial charge is 0.258 e. The maximum Gasteiger partial charge on any atom is 0.258 e. The van der Waals surface area contributed by atoms with Crippen LogP contribution in [0.3, 0.4) is 0 Å². The molecule has 0 spiro atoms. The molecule has 0 unspecified atom stereocenters. The Hall–Kier alpha value is -2.92. The van der Waals surface area contributed by atoms with E-state index in [2.05, 4.69) is 20.3 Å². The summed E-state index contributed by atoms with van der Waals surface area (Å²) in [5.41, 5.74) is 0.894. The molecular formula is C16H13FN6O2S2. The standard InChI is InChI=1S/C16H13FN6O2S2/c17-11-1-3-12(4-2-11)24-7-14-20-21-16(23(14)18)27-9-13-19-15(25-22-13)10-5-6-26-8-10/h1-6,8H,7,9,18H2. The van der Waals surface area contributed by atoms with Gasteiger partial charge in [-0.15, -0.1) is 10.2 Å². The molecular weight excluding hydrogens is 391 g/mol. The zero-order valence-electron chi connectivity index (χ0n) is 13.8. The van der Waals surface area contributed by atoms with Gasteiger partial charge in [0.1, 0.15) is 18.2 Å². The van der Waals surface area contributed by atoms with Crippen LogP contribution in [0.15, 0.2) is 50.8 Å². The molecule has 4 rings (SSSR count). The normalized spacial score (nSPS) is 11.0. The summed E-state index contributed by atoms with van der Waals surface area (Å²) in [7, 11) is 0. The first-order valence-corrected chi connectivity index (χ1v) is 9.67. The van der Waals surface area contributed by atoms with Crippen molar-refractivity contribution in [2.45, 2.75) is 17.5 Å². The number of hydrogen-bond acceptors (Lipinski definition) is 9. The van der Waals surface area contributed by atoms with Crippen molar-refractivity contribution in [3.8, 4) is 17.2 Å². The molecule has 0 atom stereocenters. The summed E-state index contributed by atoms with van der Waals surface area (Å²) in [6, 6.07) is 7.62. The summed E-state index contributed by atoms with van der Waals surface area (Å²) in [5, 5.41) is 16.4. The molecule has 8 nitrogen and oxygen atoms in total. The molecule has 0 saturated carbocycles. The Morgan fingerprint density at radius 2 is 2.07 bits per heavy atom. The van der Waals surface area contributed by atoms with Gasteiger partial charge in [-0.25, -0.2) is 9.07 Å². The number of nitrogens with zero attached hydrogens (tertiary/aromatic N) is 5. The first kappa shape index (κ1) is 17.5. The van der Waals surface area contributed by atoms with Crippen LogP contribution in [0.5, 0.6) is 5.75 Å². The van der Waals surface area contributed by atoms with E-state index in [-0.39, 0.29) is 12.4 Å². The van der Waals surface area contributed by atoms with E-state index in [1.807, 2.05) is 16.8 Å². The quantitative estimate of drug-likeness (QED) is 0.370. The van der Waals surface area contributed by atoms with Crippen molar-refractivity contribution in [3.05, 3.63) is 58.6 Å². The third-order valence-electron chi connectivity index (χ3n) is 3.48. The van der Waals surface area contributed by atoms with E-state index in [1.54, 1.807) is 11.3 Å². The predicted octanol–water partition coefficient (Wildman–Crippen LogP) is 3.11. The number of ether oxygens (including phenoxy) is 1. The van der Waals surface area contributed by atoms with E-state index in [0.717, 1.165) is 5.56 Å². The molecule has 138 valence electrons. The fourth-order valence-corrected chi connectivity index (χ4v) is 3.48. The number of benzene rings is 1. The highest BCUT2D eigenvalue weighted by Gasteiger charge is 2.14. The van der Waals surface area contributed by atoms with Crippen molar-refractivity contribution >= 4 is 23.1 Å². The lowest BCUT2D eigenvalue weighted by Crippen LogP contribution is -2.15. The van der Waals surface area contributed by atoms with E-state index in [1.165, 1.54) is 40.7 Å². The van der Waals surface area contributed by atoms with Crippen LogP contribution in [-0.4, -0.2) is 25.0 Å². The van der Waals surface area contributed by atoms with E-state index in [4.69, 9.17) is 15.1 Å². The molecule has 11 heteroatoms. The van der Waals surface area contributed by atoms with Gasteiger partial charge in [0.2, 0.25) is 5.16 Å². The van der Waals surface area contributed by atoms with Gasteiger partial charge in [-0.05, 0) is 35.7 Å². The second-order valence-electron chi connectivity index (χ2n) is 5.33. The Morgan fingerprint density at radius 1 is 1.22 bits per heavy atom. The number of aromatic nitrogens is 5. The minimum atomic E-state index is -0.327. The molecule has 2 N–H and O–H groups in total. The van der Waals surface area contributed by atoms with Crippen LogP contribution in [0.1, 0.15) is 11.6 Å². The average molecular weight is 404 g/mol. The van der Waals surface area contributed by atoms with E-state index < -0.39 is 0 Å². The highest BCUT2D eigenvalue weighted by Crippen LogP contribution is 2.23. The molecule has 0 aliphatic carbocycles. The fraction of sp³-hybridized carbons (Fsp3) is 0.125. The van der Waals surface area contributed by atoms with Crippen LogP contribution in [0.2, 0.25) is 0 Å². The van der Waals surface area contributed by atoms with Crippen molar-refractivity contribution in [1.29, 1.82) is 0 Å². The van der Waals surface area contributed by atoms with Crippen LogP contribution >= 0.6 is 23.1 Å².